The highest BCUT2D eigenvalue weighted by Crippen LogP contribution is 2.36. The maximum absolute atomic E-state index is 13.1. The van der Waals surface area contributed by atoms with E-state index in [1.54, 1.807) is 48.2 Å². The molecule has 1 aromatic heterocycles. The van der Waals surface area contributed by atoms with E-state index in [0.29, 0.717) is 16.7 Å². The number of aryl methyl sites for hydroxylation is 2. The minimum Gasteiger partial charge on any atom is -0.306 e. The van der Waals surface area contributed by atoms with Crippen LogP contribution < -0.4 is 5.32 Å². The van der Waals surface area contributed by atoms with Gasteiger partial charge in [0.15, 0.2) is 5.78 Å². The van der Waals surface area contributed by atoms with Crippen LogP contribution in [0, 0.1) is 13.8 Å². The summed E-state index contributed by atoms with van der Waals surface area (Å²) in [6.07, 6.45) is 0. The van der Waals surface area contributed by atoms with Crippen LogP contribution in [0.2, 0.25) is 0 Å². The molecule has 0 unspecified atom stereocenters. The molecule has 33 heavy (non-hydrogen) atoms. The molecule has 0 fully saturated rings. The summed E-state index contributed by atoms with van der Waals surface area (Å²) in [6.45, 7) is 4.11. The number of anilines is 1. The van der Waals surface area contributed by atoms with Gasteiger partial charge in [-0.1, -0.05) is 60.2 Å². The second kappa shape index (κ2) is 8.71. The van der Waals surface area contributed by atoms with E-state index in [-0.39, 0.29) is 11.7 Å². The molecule has 5 nitrogen and oxygen atoms in total. The summed E-state index contributed by atoms with van der Waals surface area (Å²) in [4.78, 5) is 25.8. The van der Waals surface area contributed by atoms with E-state index in [1.165, 1.54) is 5.56 Å². The topological polar surface area (TPSA) is 64.0 Å². The Hall–Kier alpha value is -3.64. The summed E-state index contributed by atoms with van der Waals surface area (Å²) in [5.41, 5.74) is 7.00. The molecule has 0 atom stereocenters. The van der Waals surface area contributed by atoms with Gasteiger partial charge in [-0.3, -0.25) is 9.59 Å². The number of amides is 1. The van der Waals surface area contributed by atoms with Crippen LogP contribution in [0.4, 0.5) is 5.82 Å². The first-order valence-corrected chi connectivity index (χ1v) is 11.9. The number of carbonyl (C=O) groups is 2. The monoisotopic (exact) mass is 453 g/mol. The lowest BCUT2D eigenvalue weighted by atomic mass is 10.0. The Morgan fingerprint density at radius 2 is 1.58 bits per heavy atom. The lowest BCUT2D eigenvalue weighted by molar-refractivity contribution is 0.101. The summed E-state index contributed by atoms with van der Waals surface area (Å²) >= 11 is 1.80. The van der Waals surface area contributed by atoms with Gasteiger partial charge >= 0.3 is 0 Å². The Bertz CT molecular complexity index is 1360. The molecule has 2 heterocycles. The summed E-state index contributed by atoms with van der Waals surface area (Å²) in [6, 6.07) is 22.1. The highest BCUT2D eigenvalue weighted by Gasteiger charge is 2.25. The SMILES string of the molecule is Cc1ccc(-n2nc3c(c2NC(=O)c2ccc(C(=O)c4ccccc4)cc2)CSC3)c(C)c1. The summed E-state index contributed by atoms with van der Waals surface area (Å²) in [5, 5.41) is 7.90. The predicted octanol–water partition coefficient (Wildman–Crippen LogP) is 5.72. The molecular formula is C27H23N3O2S. The van der Waals surface area contributed by atoms with Crippen molar-refractivity contribution >= 4 is 29.3 Å². The van der Waals surface area contributed by atoms with Gasteiger partial charge < -0.3 is 5.32 Å². The third-order valence-electron chi connectivity index (χ3n) is 5.81. The molecule has 4 aromatic rings. The first-order valence-electron chi connectivity index (χ1n) is 10.8. The van der Waals surface area contributed by atoms with Gasteiger partial charge in [-0.05, 0) is 37.6 Å². The summed E-state index contributed by atoms with van der Waals surface area (Å²) < 4.78 is 1.85. The zero-order valence-electron chi connectivity index (χ0n) is 18.5. The Kier molecular flexibility index (Phi) is 5.60. The van der Waals surface area contributed by atoms with Gasteiger partial charge in [0.1, 0.15) is 5.82 Å². The predicted molar refractivity (Wildman–Crippen MR) is 132 cm³/mol. The fourth-order valence-corrected chi connectivity index (χ4v) is 5.10. The van der Waals surface area contributed by atoms with Crippen molar-refractivity contribution in [2.24, 2.45) is 0 Å². The van der Waals surface area contributed by atoms with Crippen LogP contribution in [0.5, 0.6) is 0 Å². The molecule has 5 rings (SSSR count). The molecule has 6 heteroatoms. The zero-order chi connectivity index (χ0) is 22.9. The number of nitrogens with one attached hydrogen (secondary N) is 1. The van der Waals surface area contributed by atoms with Crippen molar-refractivity contribution in [1.82, 2.24) is 9.78 Å². The third kappa shape index (κ3) is 4.10. The normalized spacial score (nSPS) is 12.4. The Labute approximate surface area is 196 Å². The van der Waals surface area contributed by atoms with Crippen molar-refractivity contribution in [3.8, 4) is 5.69 Å². The van der Waals surface area contributed by atoms with E-state index in [0.717, 1.165) is 39.8 Å². The number of hydrogen-bond donors (Lipinski definition) is 1. The molecule has 164 valence electrons. The number of carbonyl (C=O) groups excluding carboxylic acids is 2. The molecule has 0 saturated heterocycles. The van der Waals surface area contributed by atoms with Crippen LogP contribution in [-0.4, -0.2) is 21.5 Å². The number of ketones is 1. The standard InChI is InChI=1S/C27H23N3O2S/c1-17-8-13-24(18(2)14-17)30-26(22-15-33-16-23(22)29-30)28-27(32)21-11-9-20(10-12-21)25(31)19-6-4-3-5-7-19/h3-14H,15-16H2,1-2H3,(H,28,32). The fraction of sp³-hybridized carbons (Fsp3) is 0.148. The van der Waals surface area contributed by atoms with Crippen molar-refractivity contribution in [1.29, 1.82) is 0 Å². The van der Waals surface area contributed by atoms with Crippen LogP contribution in [0.3, 0.4) is 0 Å². The van der Waals surface area contributed by atoms with E-state index in [4.69, 9.17) is 5.10 Å². The second-order valence-electron chi connectivity index (χ2n) is 8.20. The van der Waals surface area contributed by atoms with Gasteiger partial charge in [0.05, 0.1) is 11.4 Å². The van der Waals surface area contributed by atoms with E-state index in [9.17, 15) is 9.59 Å². The van der Waals surface area contributed by atoms with E-state index in [2.05, 4.69) is 31.3 Å². The molecule has 0 saturated carbocycles. The van der Waals surface area contributed by atoms with E-state index >= 15 is 0 Å². The van der Waals surface area contributed by atoms with Crippen LogP contribution >= 0.6 is 11.8 Å². The van der Waals surface area contributed by atoms with Crippen LogP contribution in [0.15, 0.2) is 72.8 Å². The van der Waals surface area contributed by atoms with Crippen molar-refractivity contribution in [2.45, 2.75) is 25.4 Å². The molecule has 3 aromatic carbocycles. The molecule has 1 aliphatic rings. The number of rotatable bonds is 5. The molecule has 1 N–H and O–H groups in total. The fourth-order valence-electron chi connectivity index (χ4n) is 4.07. The highest BCUT2D eigenvalue weighted by atomic mass is 32.2. The lowest BCUT2D eigenvalue weighted by Crippen LogP contribution is -2.17. The number of aromatic nitrogens is 2. The first kappa shape index (κ1) is 21.2. The van der Waals surface area contributed by atoms with Crippen molar-refractivity contribution in [3.05, 3.63) is 112 Å². The lowest BCUT2D eigenvalue weighted by Gasteiger charge is -2.13. The van der Waals surface area contributed by atoms with Crippen molar-refractivity contribution in [2.75, 3.05) is 5.32 Å². The average Bonchev–Trinajstić information content (AvgIpc) is 3.42. The molecule has 0 spiro atoms. The zero-order valence-corrected chi connectivity index (χ0v) is 19.3. The van der Waals surface area contributed by atoms with Crippen LogP contribution in [0.1, 0.15) is 48.7 Å². The number of nitrogens with zero attached hydrogens (tertiary/aromatic N) is 2. The van der Waals surface area contributed by atoms with E-state index in [1.807, 2.05) is 28.9 Å². The van der Waals surface area contributed by atoms with Gasteiger partial charge in [-0.15, -0.1) is 0 Å². The molecule has 0 bridgehead atoms. The Balaban J connectivity index is 1.43. The van der Waals surface area contributed by atoms with Gasteiger partial charge in [0, 0.05) is 33.8 Å². The number of thioether (sulfide) groups is 1. The second-order valence-corrected chi connectivity index (χ2v) is 9.18. The van der Waals surface area contributed by atoms with Gasteiger partial charge in [0.25, 0.3) is 5.91 Å². The Morgan fingerprint density at radius 3 is 2.30 bits per heavy atom. The molecular weight excluding hydrogens is 430 g/mol. The Morgan fingerprint density at radius 1 is 0.879 bits per heavy atom. The molecule has 0 aliphatic carbocycles. The van der Waals surface area contributed by atoms with Gasteiger partial charge in [-0.25, -0.2) is 4.68 Å². The van der Waals surface area contributed by atoms with Crippen molar-refractivity contribution in [3.63, 3.8) is 0 Å². The first-order chi connectivity index (χ1) is 16.0. The van der Waals surface area contributed by atoms with E-state index < -0.39 is 0 Å². The van der Waals surface area contributed by atoms with Crippen LogP contribution in [0.25, 0.3) is 5.69 Å². The van der Waals surface area contributed by atoms with Crippen LogP contribution in [-0.2, 0) is 11.5 Å². The number of hydrogen-bond acceptors (Lipinski definition) is 4. The maximum Gasteiger partial charge on any atom is 0.256 e. The summed E-state index contributed by atoms with van der Waals surface area (Å²) in [7, 11) is 0. The van der Waals surface area contributed by atoms with Gasteiger partial charge in [-0.2, -0.15) is 16.9 Å². The molecule has 0 radical (unpaired) electrons. The van der Waals surface area contributed by atoms with Gasteiger partial charge in [0.2, 0.25) is 0 Å². The highest BCUT2D eigenvalue weighted by molar-refractivity contribution is 7.98. The largest absolute Gasteiger partial charge is 0.306 e. The maximum atomic E-state index is 13.1. The van der Waals surface area contributed by atoms with Crippen molar-refractivity contribution < 1.29 is 9.59 Å². The smallest absolute Gasteiger partial charge is 0.256 e. The minimum absolute atomic E-state index is 0.0645. The minimum atomic E-state index is -0.223. The quantitative estimate of drug-likeness (QED) is 0.393. The summed E-state index contributed by atoms with van der Waals surface area (Å²) in [5.74, 6) is 2.09. The third-order valence-corrected chi connectivity index (χ3v) is 6.78. The molecule has 1 amide bonds. The molecule has 1 aliphatic heterocycles. The average molecular weight is 454 g/mol. The number of fused-ring (bicyclic) bond motifs is 1. The number of benzene rings is 3.